The monoisotopic (exact) mass is 237 g/mol. The third kappa shape index (κ3) is 2.24. The molecular weight excluding hydrogens is 230 g/mol. The average molecular weight is 237 g/mol. The van der Waals surface area contributed by atoms with Gasteiger partial charge in [0.15, 0.2) is 0 Å². The maximum absolute atomic E-state index is 11.3. The van der Waals surface area contributed by atoms with E-state index >= 15 is 0 Å². The molecule has 1 N–H and O–H groups in total. The number of imide groups is 1. The molecule has 0 atom stereocenters. The van der Waals surface area contributed by atoms with Crippen LogP contribution >= 0.6 is 24.0 Å². The fourth-order valence-electron chi connectivity index (χ4n) is 1.25. The molecule has 76 valence electrons. The number of nitrogens with one attached hydrogen (secondary N) is 1. The van der Waals surface area contributed by atoms with Crippen molar-refractivity contribution in [2.75, 3.05) is 0 Å². The fourth-order valence-corrected chi connectivity index (χ4v) is 2.14. The molecule has 0 aromatic carbocycles. The maximum Gasteiger partial charge on any atom is 0.290 e. The van der Waals surface area contributed by atoms with Crippen LogP contribution in [-0.4, -0.2) is 16.0 Å². The van der Waals surface area contributed by atoms with Gasteiger partial charge in [-0.15, -0.1) is 0 Å². The van der Waals surface area contributed by atoms with Crippen LogP contribution in [0.2, 0.25) is 0 Å². The highest BCUT2D eigenvalue weighted by atomic mass is 32.2. The first kappa shape index (κ1) is 10.3. The third-order valence-electron chi connectivity index (χ3n) is 1.97. The van der Waals surface area contributed by atoms with Crippen LogP contribution in [0.15, 0.2) is 34.8 Å². The van der Waals surface area contributed by atoms with Crippen LogP contribution in [-0.2, 0) is 4.79 Å². The second kappa shape index (κ2) is 4.12. The summed E-state index contributed by atoms with van der Waals surface area (Å²) in [6.45, 7) is 0. The van der Waals surface area contributed by atoms with Crippen molar-refractivity contribution in [3.8, 4) is 0 Å². The first-order chi connectivity index (χ1) is 7.16. The standard InChI is InChI=1S/C10H7NO2S2/c12-9-8(15-10(13)11-9)5-6-3-1-2-4-7(6)14/h1-3,5H,4H2,(H,11,12,13)/b8-5-. The molecule has 1 aliphatic heterocycles. The van der Waals surface area contributed by atoms with Crippen LogP contribution in [0.1, 0.15) is 6.42 Å². The Morgan fingerprint density at radius 2 is 2.27 bits per heavy atom. The zero-order valence-corrected chi connectivity index (χ0v) is 9.28. The molecule has 2 amide bonds. The predicted molar refractivity (Wildman–Crippen MR) is 63.7 cm³/mol. The minimum absolute atomic E-state index is 0.330. The second-order valence-corrected chi connectivity index (χ2v) is 4.54. The molecule has 0 radical (unpaired) electrons. The van der Waals surface area contributed by atoms with Gasteiger partial charge < -0.3 is 0 Å². The Bertz CT molecular complexity index is 446. The molecular formula is C10H7NO2S2. The van der Waals surface area contributed by atoms with Gasteiger partial charge in [-0.05, 0) is 23.4 Å². The summed E-state index contributed by atoms with van der Waals surface area (Å²) in [6.07, 6.45) is 8.07. The molecule has 1 fully saturated rings. The molecule has 0 unspecified atom stereocenters. The lowest BCUT2D eigenvalue weighted by molar-refractivity contribution is -0.115. The normalized spacial score (nSPS) is 23.3. The van der Waals surface area contributed by atoms with E-state index in [9.17, 15) is 9.59 Å². The summed E-state index contributed by atoms with van der Waals surface area (Å²) in [5.74, 6) is -0.344. The summed E-state index contributed by atoms with van der Waals surface area (Å²) in [5, 5.41) is 1.87. The molecule has 0 saturated carbocycles. The van der Waals surface area contributed by atoms with Crippen molar-refractivity contribution in [3.05, 3.63) is 34.8 Å². The van der Waals surface area contributed by atoms with E-state index in [2.05, 4.69) is 5.32 Å². The summed E-state index contributed by atoms with van der Waals surface area (Å²) in [4.78, 5) is 23.4. The van der Waals surface area contributed by atoms with Crippen molar-refractivity contribution in [1.29, 1.82) is 0 Å². The number of hydrogen-bond donors (Lipinski definition) is 1. The molecule has 3 nitrogen and oxygen atoms in total. The second-order valence-electron chi connectivity index (χ2n) is 3.03. The van der Waals surface area contributed by atoms with Crippen molar-refractivity contribution in [3.63, 3.8) is 0 Å². The van der Waals surface area contributed by atoms with Gasteiger partial charge in [0.2, 0.25) is 0 Å². The van der Waals surface area contributed by atoms with E-state index in [4.69, 9.17) is 12.2 Å². The molecule has 1 aliphatic carbocycles. The molecule has 15 heavy (non-hydrogen) atoms. The van der Waals surface area contributed by atoms with Gasteiger partial charge in [0.05, 0.1) is 4.91 Å². The molecule has 1 heterocycles. The quantitative estimate of drug-likeness (QED) is 0.560. The molecule has 0 spiro atoms. The van der Waals surface area contributed by atoms with E-state index in [1.807, 2.05) is 18.2 Å². The number of rotatable bonds is 1. The lowest BCUT2D eigenvalue weighted by Crippen LogP contribution is -2.18. The van der Waals surface area contributed by atoms with Crippen LogP contribution in [0.25, 0.3) is 0 Å². The highest BCUT2D eigenvalue weighted by Crippen LogP contribution is 2.25. The van der Waals surface area contributed by atoms with E-state index in [1.165, 1.54) is 0 Å². The summed E-state index contributed by atoms with van der Waals surface area (Å²) in [6, 6.07) is 0. The Labute approximate surface area is 96.3 Å². The largest absolute Gasteiger partial charge is 0.290 e. The Morgan fingerprint density at radius 3 is 2.87 bits per heavy atom. The number of hydrogen-bond acceptors (Lipinski definition) is 4. The first-order valence-corrected chi connectivity index (χ1v) is 5.54. The minimum Gasteiger partial charge on any atom is -0.282 e. The van der Waals surface area contributed by atoms with Gasteiger partial charge in [0.25, 0.3) is 11.1 Å². The lowest BCUT2D eigenvalue weighted by Gasteiger charge is -2.05. The van der Waals surface area contributed by atoms with E-state index in [-0.39, 0.29) is 11.1 Å². The fraction of sp³-hybridized carbons (Fsp3) is 0.100. The maximum atomic E-state index is 11.3. The van der Waals surface area contributed by atoms with Crippen molar-refractivity contribution in [2.45, 2.75) is 6.42 Å². The number of carbonyl (C=O) groups is 2. The molecule has 0 aromatic heterocycles. The minimum atomic E-state index is -0.344. The van der Waals surface area contributed by atoms with Gasteiger partial charge >= 0.3 is 0 Å². The molecule has 0 bridgehead atoms. The summed E-state index contributed by atoms with van der Waals surface area (Å²) >= 11 is 6.05. The number of thioether (sulfide) groups is 1. The highest BCUT2D eigenvalue weighted by molar-refractivity contribution is 8.18. The van der Waals surface area contributed by atoms with Crippen LogP contribution < -0.4 is 5.32 Å². The number of allylic oxidation sites excluding steroid dienone is 5. The summed E-state index contributed by atoms with van der Waals surface area (Å²) < 4.78 is 0. The molecule has 2 rings (SSSR count). The summed E-state index contributed by atoms with van der Waals surface area (Å²) in [7, 11) is 0. The number of carbonyl (C=O) groups excluding carboxylic acids is 2. The topological polar surface area (TPSA) is 46.2 Å². The van der Waals surface area contributed by atoms with Crippen molar-refractivity contribution in [2.24, 2.45) is 0 Å². The number of thiocarbonyl (C=S) groups is 1. The Hall–Kier alpha value is -1.20. The predicted octanol–water partition coefficient (Wildman–Crippen LogP) is 2.11. The van der Waals surface area contributed by atoms with Gasteiger partial charge in [0.1, 0.15) is 0 Å². The molecule has 1 saturated heterocycles. The van der Waals surface area contributed by atoms with Crippen LogP contribution in [0.3, 0.4) is 0 Å². The Balaban J connectivity index is 2.26. The van der Waals surface area contributed by atoms with E-state index in [1.54, 1.807) is 6.08 Å². The number of amides is 2. The first-order valence-electron chi connectivity index (χ1n) is 4.32. The Morgan fingerprint density at radius 1 is 1.47 bits per heavy atom. The van der Waals surface area contributed by atoms with Crippen LogP contribution in [0.5, 0.6) is 0 Å². The third-order valence-corrected chi connectivity index (χ3v) is 3.18. The summed E-state index contributed by atoms with van der Waals surface area (Å²) in [5.41, 5.74) is 0.833. The van der Waals surface area contributed by atoms with Crippen LogP contribution in [0.4, 0.5) is 4.79 Å². The molecule has 5 heteroatoms. The van der Waals surface area contributed by atoms with Crippen molar-refractivity contribution in [1.82, 2.24) is 5.32 Å². The zero-order valence-electron chi connectivity index (χ0n) is 7.65. The SMILES string of the molecule is O=C1NC(=O)/C(=C/C2=CC=CCC2=S)S1. The van der Waals surface area contributed by atoms with Gasteiger partial charge in [-0.2, -0.15) is 0 Å². The lowest BCUT2D eigenvalue weighted by atomic mass is 10.0. The molecule has 2 aliphatic rings. The smallest absolute Gasteiger partial charge is 0.282 e. The highest BCUT2D eigenvalue weighted by Gasteiger charge is 2.25. The van der Waals surface area contributed by atoms with Gasteiger partial charge in [-0.3, -0.25) is 14.9 Å². The van der Waals surface area contributed by atoms with E-state index in [0.29, 0.717) is 11.3 Å². The zero-order chi connectivity index (χ0) is 10.8. The van der Waals surface area contributed by atoms with Crippen LogP contribution in [0, 0.1) is 0 Å². The Kier molecular flexibility index (Phi) is 2.83. The van der Waals surface area contributed by atoms with Gasteiger partial charge in [-0.1, -0.05) is 30.4 Å². The van der Waals surface area contributed by atoms with Gasteiger partial charge in [0, 0.05) is 11.3 Å². The van der Waals surface area contributed by atoms with E-state index in [0.717, 1.165) is 22.2 Å². The van der Waals surface area contributed by atoms with Crippen molar-refractivity contribution < 1.29 is 9.59 Å². The average Bonchev–Trinajstić information content (AvgIpc) is 2.49. The van der Waals surface area contributed by atoms with E-state index < -0.39 is 0 Å². The van der Waals surface area contributed by atoms with Gasteiger partial charge in [-0.25, -0.2) is 0 Å². The van der Waals surface area contributed by atoms with Crippen molar-refractivity contribution >= 4 is 40.0 Å². The molecule has 0 aromatic rings.